The molecule has 0 N–H and O–H groups in total. The smallest absolute Gasteiger partial charge is 0.242 e. The Bertz CT molecular complexity index is 765. The van der Waals surface area contributed by atoms with Gasteiger partial charge in [0.1, 0.15) is 5.76 Å². The van der Waals surface area contributed by atoms with Crippen molar-refractivity contribution in [1.82, 2.24) is 15.0 Å². The SMILES string of the molecule is Cc1noc(C)c1CN(C)C(=O)CN1C[C@@H](Cc2ccccc2)CC1=O. The van der Waals surface area contributed by atoms with Gasteiger partial charge in [-0.25, -0.2) is 0 Å². The summed E-state index contributed by atoms with van der Waals surface area (Å²) in [7, 11) is 1.75. The Labute approximate surface area is 153 Å². The molecule has 0 radical (unpaired) electrons. The molecule has 1 saturated heterocycles. The zero-order valence-electron chi connectivity index (χ0n) is 15.6. The summed E-state index contributed by atoms with van der Waals surface area (Å²) in [5, 5.41) is 3.92. The van der Waals surface area contributed by atoms with Crippen molar-refractivity contribution in [1.29, 1.82) is 0 Å². The van der Waals surface area contributed by atoms with Crippen LogP contribution in [0.5, 0.6) is 0 Å². The van der Waals surface area contributed by atoms with Gasteiger partial charge in [0.15, 0.2) is 0 Å². The number of likely N-dealkylation sites (N-methyl/N-ethyl adjacent to an activating group) is 1. The molecule has 1 aromatic carbocycles. The van der Waals surface area contributed by atoms with Crippen molar-refractivity contribution in [3.63, 3.8) is 0 Å². The monoisotopic (exact) mass is 355 g/mol. The first-order valence-corrected chi connectivity index (χ1v) is 8.91. The van der Waals surface area contributed by atoms with Crippen LogP contribution in [0.25, 0.3) is 0 Å². The van der Waals surface area contributed by atoms with Crippen molar-refractivity contribution in [3.05, 3.63) is 52.9 Å². The van der Waals surface area contributed by atoms with E-state index in [4.69, 9.17) is 4.52 Å². The molecular formula is C20H25N3O3. The van der Waals surface area contributed by atoms with E-state index in [0.717, 1.165) is 23.4 Å². The summed E-state index contributed by atoms with van der Waals surface area (Å²) < 4.78 is 5.14. The third kappa shape index (κ3) is 4.12. The van der Waals surface area contributed by atoms with Gasteiger partial charge >= 0.3 is 0 Å². The molecule has 0 unspecified atom stereocenters. The number of benzene rings is 1. The van der Waals surface area contributed by atoms with Crippen molar-refractivity contribution >= 4 is 11.8 Å². The Balaban J connectivity index is 1.54. The summed E-state index contributed by atoms with van der Waals surface area (Å²) >= 11 is 0. The molecule has 6 heteroatoms. The number of carbonyl (C=O) groups is 2. The predicted molar refractivity (Wildman–Crippen MR) is 97.3 cm³/mol. The lowest BCUT2D eigenvalue weighted by Gasteiger charge is -2.22. The molecule has 1 aliphatic heterocycles. The number of aromatic nitrogens is 1. The number of rotatable bonds is 6. The average Bonchev–Trinajstić information content (AvgIpc) is 3.12. The van der Waals surface area contributed by atoms with Gasteiger partial charge in [-0.15, -0.1) is 0 Å². The van der Waals surface area contributed by atoms with Gasteiger partial charge in [0.25, 0.3) is 0 Å². The second-order valence-corrected chi connectivity index (χ2v) is 7.09. The summed E-state index contributed by atoms with van der Waals surface area (Å²) in [6.45, 7) is 4.91. The van der Waals surface area contributed by atoms with Crippen LogP contribution in [-0.4, -0.2) is 46.9 Å². The molecule has 1 fully saturated rings. The van der Waals surface area contributed by atoms with Crippen LogP contribution in [-0.2, 0) is 22.6 Å². The van der Waals surface area contributed by atoms with Gasteiger partial charge < -0.3 is 14.3 Å². The van der Waals surface area contributed by atoms with Crippen molar-refractivity contribution < 1.29 is 14.1 Å². The van der Waals surface area contributed by atoms with E-state index in [1.54, 1.807) is 16.8 Å². The second-order valence-electron chi connectivity index (χ2n) is 7.09. The van der Waals surface area contributed by atoms with Crippen molar-refractivity contribution in [2.24, 2.45) is 5.92 Å². The molecule has 0 saturated carbocycles. The molecule has 2 amide bonds. The quantitative estimate of drug-likeness (QED) is 0.798. The Hall–Kier alpha value is -2.63. The van der Waals surface area contributed by atoms with Crippen LogP contribution >= 0.6 is 0 Å². The van der Waals surface area contributed by atoms with E-state index in [9.17, 15) is 9.59 Å². The van der Waals surface area contributed by atoms with Crippen LogP contribution in [0.15, 0.2) is 34.9 Å². The molecular weight excluding hydrogens is 330 g/mol. The number of likely N-dealkylation sites (tertiary alicyclic amines) is 1. The van der Waals surface area contributed by atoms with Crippen LogP contribution in [0.2, 0.25) is 0 Å². The average molecular weight is 355 g/mol. The zero-order chi connectivity index (χ0) is 18.7. The van der Waals surface area contributed by atoms with Gasteiger partial charge in [-0.05, 0) is 31.7 Å². The van der Waals surface area contributed by atoms with Gasteiger partial charge in [-0.1, -0.05) is 35.5 Å². The first kappa shape index (κ1) is 18.2. The molecule has 0 aliphatic carbocycles. The number of hydrogen-bond donors (Lipinski definition) is 0. The van der Waals surface area contributed by atoms with Crippen LogP contribution in [0.3, 0.4) is 0 Å². The van der Waals surface area contributed by atoms with Crippen molar-refractivity contribution in [2.45, 2.75) is 33.2 Å². The Morgan fingerprint density at radius 2 is 2.04 bits per heavy atom. The molecule has 0 spiro atoms. The third-order valence-corrected chi connectivity index (χ3v) is 4.99. The minimum Gasteiger partial charge on any atom is -0.361 e. The molecule has 2 heterocycles. The lowest BCUT2D eigenvalue weighted by atomic mass is 9.99. The number of aryl methyl sites for hydroxylation is 2. The largest absolute Gasteiger partial charge is 0.361 e. The van der Waals surface area contributed by atoms with E-state index in [-0.39, 0.29) is 24.3 Å². The standard InChI is InChI=1S/C20H25N3O3/c1-14-18(15(2)26-21-14)12-22(3)20(25)13-23-11-17(10-19(23)24)9-16-7-5-4-6-8-16/h4-8,17H,9-13H2,1-3H3/t17-/m0/s1. The molecule has 1 atom stereocenters. The molecule has 1 aromatic heterocycles. The summed E-state index contributed by atoms with van der Waals surface area (Å²) in [4.78, 5) is 28.1. The van der Waals surface area contributed by atoms with Crippen LogP contribution in [0.4, 0.5) is 0 Å². The van der Waals surface area contributed by atoms with E-state index in [1.165, 1.54) is 5.56 Å². The number of hydrogen-bond acceptors (Lipinski definition) is 4. The fourth-order valence-electron chi connectivity index (χ4n) is 3.43. The van der Waals surface area contributed by atoms with Crippen molar-refractivity contribution in [3.8, 4) is 0 Å². The zero-order valence-corrected chi connectivity index (χ0v) is 15.6. The van der Waals surface area contributed by atoms with E-state index in [2.05, 4.69) is 17.3 Å². The van der Waals surface area contributed by atoms with E-state index in [0.29, 0.717) is 19.5 Å². The molecule has 26 heavy (non-hydrogen) atoms. The summed E-state index contributed by atoms with van der Waals surface area (Å²) in [6, 6.07) is 10.2. The summed E-state index contributed by atoms with van der Waals surface area (Å²) in [5.74, 6) is 0.983. The Morgan fingerprint density at radius 3 is 2.69 bits per heavy atom. The topological polar surface area (TPSA) is 66.7 Å². The third-order valence-electron chi connectivity index (χ3n) is 4.99. The van der Waals surface area contributed by atoms with Gasteiger partial charge in [0, 0.05) is 25.6 Å². The van der Waals surface area contributed by atoms with Gasteiger partial charge in [-0.3, -0.25) is 9.59 Å². The maximum Gasteiger partial charge on any atom is 0.242 e. The number of carbonyl (C=O) groups excluding carboxylic acids is 2. The van der Waals surface area contributed by atoms with Crippen LogP contribution < -0.4 is 0 Å². The minimum absolute atomic E-state index is 0.0602. The van der Waals surface area contributed by atoms with Gasteiger partial charge in [0.05, 0.1) is 18.8 Å². The lowest BCUT2D eigenvalue weighted by Crippen LogP contribution is -2.39. The molecule has 138 valence electrons. The molecule has 1 aliphatic rings. The van der Waals surface area contributed by atoms with Crippen LogP contribution in [0, 0.1) is 19.8 Å². The predicted octanol–water partition coefficient (Wildman–Crippen LogP) is 2.34. The first-order chi connectivity index (χ1) is 12.4. The molecule has 6 nitrogen and oxygen atoms in total. The maximum absolute atomic E-state index is 12.5. The molecule has 2 aromatic rings. The highest BCUT2D eigenvalue weighted by atomic mass is 16.5. The summed E-state index contributed by atoms with van der Waals surface area (Å²) in [5.41, 5.74) is 2.95. The van der Waals surface area contributed by atoms with Crippen molar-refractivity contribution in [2.75, 3.05) is 20.1 Å². The fourth-order valence-corrected chi connectivity index (χ4v) is 3.43. The highest BCUT2D eigenvalue weighted by Gasteiger charge is 2.31. The van der Waals surface area contributed by atoms with E-state index >= 15 is 0 Å². The van der Waals surface area contributed by atoms with Crippen LogP contribution in [0.1, 0.15) is 29.0 Å². The molecule has 0 bridgehead atoms. The normalized spacial score (nSPS) is 17.0. The number of nitrogens with zero attached hydrogens (tertiary/aromatic N) is 3. The van der Waals surface area contributed by atoms with Gasteiger partial charge in [0.2, 0.25) is 11.8 Å². The second kappa shape index (κ2) is 7.72. The molecule has 3 rings (SSSR count). The maximum atomic E-state index is 12.5. The van der Waals surface area contributed by atoms with Gasteiger partial charge in [-0.2, -0.15) is 0 Å². The Morgan fingerprint density at radius 1 is 1.31 bits per heavy atom. The van der Waals surface area contributed by atoms with E-state index in [1.807, 2.05) is 32.0 Å². The highest BCUT2D eigenvalue weighted by Crippen LogP contribution is 2.22. The first-order valence-electron chi connectivity index (χ1n) is 8.91. The minimum atomic E-state index is -0.0706. The Kier molecular flexibility index (Phi) is 5.40. The summed E-state index contributed by atoms with van der Waals surface area (Å²) in [6.07, 6.45) is 1.38. The lowest BCUT2D eigenvalue weighted by molar-refractivity contribution is -0.137. The van der Waals surface area contributed by atoms with E-state index < -0.39 is 0 Å². The highest BCUT2D eigenvalue weighted by molar-refractivity contribution is 5.86. The number of amides is 2. The fraction of sp³-hybridized carbons (Fsp3) is 0.450.